The van der Waals surface area contributed by atoms with Crippen molar-refractivity contribution in [3.63, 3.8) is 0 Å². The van der Waals surface area contributed by atoms with Crippen molar-refractivity contribution in [2.75, 3.05) is 20.2 Å². The Hall–Kier alpha value is -2.24. The number of fused-ring (bicyclic) bond motifs is 1. The van der Waals surface area contributed by atoms with Gasteiger partial charge >= 0.3 is 5.97 Å². The average molecular weight is 359 g/mol. The normalized spacial score (nSPS) is 21.0. The van der Waals surface area contributed by atoms with Crippen molar-refractivity contribution < 1.29 is 14.3 Å². The molecular weight excluding hydrogens is 330 g/mol. The molecular formula is C20H29N3O3. The van der Waals surface area contributed by atoms with E-state index < -0.39 is 0 Å². The number of hydrogen-bond acceptors (Lipinski definition) is 4. The Morgan fingerprint density at radius 3 is 2.85 bits per heavy atom. The van der Waals surface area contributed by atoms with Crippen molar-refractivity contribution in [1.82, 2.24) is 10.6 Å². The maximum atomic E-state index is 11.3. The molecule has 0 amide bonds. The first kappa shape index (κ1) is 18.5. The molecule has 0 saturated heterocycles. The summed E-state index contributed by atoms with van der Waals surface area (Å²) in [6.07, 6.45) is 5.88. The fourth-order valence-corrected chi connectivity index (χ4v) is 3.92. The van der Waals surface area contributed by atoms with Gasteiger partial charge in [-0.05, 0) is 38.7 Å². The van der Waals surface area contributed by atoms with Crippen molar-refractivity contribution in [2.24, 2.45) is 4.99 Å². The molecule has 1 aromatic carbocycles. The second-order valence-electron chi connectivity index (χ2n) is 7.02. The van der Waals surface area contributed by atoms with Crippen LogP contribution in [0, 0.1) is 0 Å². The van der Waals surface area contributed by atoms with E-state index in [1.54, 1.807) is 0 Å². The Balaban J connectivity index is 1.76. The van der Waals surface area contributed by atoms with Crippen molar-refractivity contribution in [1.29, 1.82) is 0 Å². The van der Waals surface area contributed by atoms with Gasteiger partial charge in [-0.15, -0.1) is 0 Å². The third-order valence-electron chi connectivity index (χ3n) is 5.18. The SMILES string of the molecule is CCNC(=NCCC(=O)OC)NC1CC2(CCCC2)Oc2ccccc21. The van der Waals surface area contributed by atoms with Crippen LogP contribution in [-0.4, -0.2) is 37.7 Å². The number of carbonyl (C=O) groups is 1. The molecule has 26 heavy (non-hydrogen) atoms. The van der Waals surface area contributed by atoms with Crippen LogP contribution in [0.3, 0.4) is 0 Å². The van der Waals surface area contributed by atoms with Crippen LogP contribution in [0.5, 0.6) is 5.75 Å². The van der Waals surface area contributed by atoms with Gasteiger partial charge in [0.15, 0.2) is 5.96 Å². The summed E-state index contributed by atoms with van der Waals surface area (Å²) in [5, 5.41) is 6.84. The molecule has 1 aromatic rings. The van der Waals surface area contributed by atoms with Gasteiger partial charge in [0.1, 0.15) is 11.4 Å². The van der Waals surface area contributed by atoms with Crippen LogP contribution in [-0.2, 0) is 9.53 Å². The van der Waals surface area contributed by atoms with Crippen molar-refractivity contribution in [3.05, 3.63) is 29.8 Å². The molecule has 1 atom stereocenters. The van der Waals surface area contributed by atoms with Crippen LogP contribution in [0.25, 0.3) is 0 Å². The number of para-hydroxylation sites is 1. The topological polar surface area (TPSA) is 72.0 Å². The van der Waals surface area contributed by atoms with Gasteiger partial charge in [0.2, 0.25) is 0 Å². The summed E-state index contributed by atoms with van der Waals surface area (Å²) in [5.41, 5.74) is 1.11. The number of carbonyl (C=O) groups excluding carboxylic acids is 1. The smallest absolute Gasteiger partial charge is 0.307 e. The van der Waals surface area contributed by atoms with Gasteiger partial charge in [0.05, 0.1) is 26.1 Å². The molecule has 1 aliphatic heterocycles. The van der Waals surface area contributed by atoms with Crippen molar-refractivity contribution >= 4 is 11.9 Å². The first-order valence-corrected chi connectivity index (χ1v) is 9.55. The molecule has 2 N–H and O–H groups in total. The van der Waals surface area contributed by atoms with E-state index >= 15 is 0 Å². The van der Waals surface area contributed by atoms with Crippen LogP contribution in [0.15, 0.2) is 29.3 Å². The Morgan fingerprint density at radius 2 is 2.12 bits per heavy atom. The van der Waals surface area contributed by atoms with E-state index in [0.29, 0.717) is 6.54 Å². The minimum absolute atomic E-state index is 0.0602. The van der Waals surface area contributed by atoms with Crippen molar-refractivity contribution in [3.8, 4) is 5.75 Å². The summed E-state index contributed by atoms with van der Waals surface area (Å²) in [5.74, 6) is 1.46. The zero-order valence-corrected chi connectivity index (χ0v) is 15.7. The lowest BCUT2D eigenvalue weighted by Crippen LogP contribution is -2.46. The van der Waals surface area contributed by atoms with Crippen LogP contribution in [0.4, 0.5) is 0 Å². The maximum Gasteiger partial charge on any atom is 0.307 e. The standard InChI is InChI=1S/C20H29N3O3/c1-3-21-19(22-13-10-18(24)25-2)23-16-14-20(11-6-7-12-20)26-17-9-5-4-8-15(16)17/h4-5,8-9,16H,3,6-7,10-14H2,1-2H3,(H2,21,22,23). The minimum Gasteiger partial charge on any atom is -0.487 e. The van der Waals surface area contributed by atoms with E-state index in [0.717, 1.165) is 37.5 Å². The van der Waals surface area contributed by atoms with E-state index in [1.165, 1.54) is 25.5 Å². The maximum absolute atomic E-state index is 11.3. The Morgan fingerprint density at radius 1 is 1.35 bits per heavy atom. The first-order chi connectivity index (χ1) is 12.7. The molecule has 1 fully saturated rings. The highest BCUT2D eigenvalue weighted by Gasteiger charge is 2.43. The highest BCUT2D eigenvalue weighted by molar-refractivity contribution is 5.80. The number of guanidine groups is 1. The van der Waals surface area contributed by atoms with E-state index in [1.807, 2.05) is 19.1 Å². The molecule has 1 heterocycles. The Kier molecular flexibility index (Phi) is 6.01. The van der Waals surface area contributed by atoms with Gasteiger partial charge in [-0.25, -0.2) is 0 Å². The van der Waals surface area contributed by atoms with Gasteiger partial charge in [0.25, 0.3) is 0 Å². The van der Waals surface area contributed by atoms with Crippen LogP contribution >= 0.6 is 0 Å². The Bertz CT molecular complexity index is 653. The number of nitrogens with zero attached hydrogens (tertiary/aromatic N) is 1. The van der Waals surface area contributed by atoms with Crippen LogP contribution in [0.1, 0.15) is 57.1 Å². The van der Waals surface area contributed by atoms with Gasteiger partial charge in [-0.3, -0.25) is 9.79 Å². The number of aliphatic imine (C=N–C) groups is 1. The lowest BCUT2D eigenvalue weighted by Gasteiger charge is -2.40. The van der Waals surface area contributed by atoms with Gasteiger partial charge < -0.3 is 20.1 Å². The molecule has 1 saturated carbocycles. The predicted molar refractivity (Wildman–Crippen MR) is 101 cm³/mol. The molecule has 1 aliphatic carbocycles. The number of nitrogens with one attached hydrogen (secondary N) is 2. The summed E-state index contributed by atoms with van der Waals surface area (Å²) in [4.78, 5) is 15.9. The number of rotatable bonds is 5. The molecule has 0 bridgehead atoms. The number of benzene rings is 1. The third kappa shape index (κ3) is 4.29. The molecule has 2 aliphatic rings. The predicted octanol–water partition coefficient (Wildman–Crippen LogP) is 2.94. The van der Waals surface area contributed by atoms with E-state index in [4.69, 9.17) is 4.74 Å². The average Bonchev–Trinajstić information content (AvgIpc) is 3.09. The summed E-state index contributed by atoms with van der Waals surface area (Å²) < 4.78 is 11.1. The number of ether oxygens (including phenoxy) is 2. The fraction of sp³-hybridized carbons (Fsp3) is 0.600. The largest absolute Gasteiger partial charge is 0.487 e. The van der Waals surface area contributed by atoms with Gasteiger partial charge in [-0.1, -0.05) is 18.2 Å². The third-order valence-corrected chi connectivity index (χ3v) is 5.18. The van der Waals surface area contributed by atoms with Crippen molar-refractivity contribution in [2.45, 2.75) is 57.1 Å². The van der Waals surface area contributed by atoms with Gasteiger partial charge in [-0.2, -0.15) is 0 Å². The Labute approximate surface area is 155 Å². The van der Waals surface area contributed by atoms with Crippen LogP contribution < -0.4 is 15.4 Å². The summed E-state index contributed by atoms with van der Waals surface area (Å²) in [6.45, 7) is 3.20. The molecule has 1 unspecified atom stereocenters. The summed E-state index contributed by atoms with van der Waals surface area (Å²) in [7, 11) is 1.40. The lowest BCUT2D eigenvalue weighted by atomic mass is 9.86. The second kappa shape index (κ2) is 8.43. The zero-order chi connectivity index (χ0) is 18.4. The molecule has 0 aromatic heterocycles. The summed E-state index contributed by atoms with van der Waals surface area (Å²) >= 11 is 0. The number of esters is 1. The molecule has 6 heteroatoms. The summed E-state index contributed by atoms with van der Waals surface area (Å²) in [6, 6.07) is 8.40. The molecule has 1 spiro atoms. The van der Waals surface area contributed by atoms with Gasteiger partial charge in [0, 0.05) is 18.5 Å². The van der Waals surface area contributed by atoms with E-state index in [9.17, 15) is 4.79 Å². The molecule has 0 radical (unpaired) electrons. The number of hydrogen-bond donors (Lipinski definition) is 2. The zero-order valence-electron chi connectivity index (χ0n) is 15.7. The highest BCUT2D eigenvalue weighted by Crippen LogP contribution is 2.46. The first-order valence-electron chi connectivity index (χ1n) is 9.55. The van der Waals surface area contributed by atoms with E-state index in [-0.39, 0.29) is 24.0 Å². The quantitative estimate of drug-likeness (QED) is 0.480. The number of methoxy groups -OCH3 is 1. The molecule has 142 valence electrons. The minimum atomic E-state index is -0.245. The second-order valence-corrected chi connectivity index (χ2v) is 7.02. The molecule has 3 rings (SSSR count). The van der Waals surface area contributed by atoms with Crippen LogP contribution in [0.2, 0.25) is 0 Å². The van der Waals surface area contributed by atoms with E-state index in [2.05, 4.69) is 32.5 Å². The molecule has 6 nitrogen and oxygen atoms in total. The highest BCUT2D eigenvalue weighted by atomic mass is 16.5. The fourth-order valence-electron chi connectivity index (χ4n) is 3.92. The lowest BCUT2D eigenvalue weighted by molar-refractivity contribution is -0.140. The monoisotopic (exact) mass is 359 g/mol.